The molecule has 2 aliphatic rings. The summed E-state index contributed by atoms with van der Waals surface area (Å²) < 4.78 is 5.20. The van der Waals surface area contributed by atoms with Crippen LogP contribution in [0.15, 0.2) is 0 Å². The van der Waals surface area contributed by atoms with Crippen LogP contribution in [0.1, 0.15) is 52.9 Å². The molecule has 0 aromatic heterocycles. The predicted octanol–water partition coefficient (Wildman–Crippen LogP) is 0.775. The van der Waals surface area contributed by atoms with Crippen LogP contribution in [0.2, 0.25) is 0 Å². The van der Waals surface area contributed by atoms with Gasteiger partial charge in [-0.15, -0.1) is 0 Å². The van der Waals surface area contributed by atoms with Crippen LogP contribution in [0.4, 0.5) is 4.79 Å². The third kappa shape index (κ3) is 7.07. The Labute approximate surface area is 158 Å². The van der Waals surface area contributed by atoms with E-state index in [1.54, 1.807) is 20.8 Å². The summed E-state index contributed by atoms with van der Waals surface area (Å²) in [5.74, 6) is -2.08. The summed E-state index contributed by atoms with van der Waals surface area (Å²) in [4.78, 5) is 47.9. The van der Waals surface area contributed by atoms with E-state index in [-0.39, 0.29) is 12.3 Å². The van der Waals surface area contributed by atoms with E-state index in [4.69, 9.17) is 4.74 Å². The lowest BCUT2D eigenvalue weighted by atomic mass is 9.98. The lowest BCUT2D eigenvalue weighted by Gasteiger charge is -2.25. The number of carboxylic acid groups (broad SMARTS) is 1. The molecule has 27 heavy (non-hydrogen) atoms. The summed E-state index contributed by atoms with van der Waals surface area (Å²) >= 11 is 0. The molecule has 2 rings (SSSR count). The maximum atomic E-state index is 12.6. The zero-order chi connectivity index (χ0) is 20.2. The zero-order valence-corrected chi connectivity index (χ0v) is 16.0. The Morgan fingerprint density at radius 3 is 2.30 bits per heavy atom. The first-order chi connectivity index (χ1) is 12.5. The Balaban J connectivity index is 1.98. The van der Waals surface area contributed by atoms with Crippen molar-refractivity contribution in [2.75, 3.05) is 6.54 Å². The van der Waals surface area contributed by atoms with Crippen molar-refractivity contribution in [3.8, 4) is 0 Å². The zero-order valence-electron chi connectivity index (χ0n) is 16.0. The highest BCUT2D eigenvalue weighted by atomic mass is 16.6. The summed E-state index contributed by atoms with van der Waals surface area (Å²) in [7, 11) is 0. The highest BCUT2D eigenvalue weighted by Crippen LogP contribution is 2.33. The minimum absolute atomic E-state index is 0.0233. The molecule has 152 valence electrons. The number of carboxylic acids is 1. The fraction of sp³-hybridized carbons (Fsp3) is 0.778. The second-order valence-corrected chi connectivity index (χ2v) is 8.29. The molecule has 1 saturated heterocycles. The number of alkyl carbamates (subject to hydrolysis) is 1. The smallest absolute Gasteiger partial charge is 0.408 e. The topological polar surface area (TPSA) is 134 Å². The molecule has 9 nitrogen and oxygen atoms in total. The highest BCUT2D eigenvalue weighted by molar-refractivity contribution is 5.90. The van der Waals surface area contributed by atoms with Crippen LogP contribution < -0.4 is 16.0 Å². The minimum Gasteiger partial charge on any atom is -0.480 e. The number of ether oxygens (including phenoxy) is 1. The van der Waals surface area contributed by atoms with E-state index in [0.29, 0.717) is 25.3 Å². The maximum Gasteiger partial charge on any atom is 0.408 e. The molecule has 0 radical (unpaired) electrons. The van der Waals surface area contributed by atoms with E-state index < -0.39 is 41.6 Å². The number of hydrogen-bond acceptors (Lipinski definition) is 5. The molecule has 2 unspecified atom stereocenters. The van der Waals surface area contributed by atoms with E-state index in [2.05, 4.69) is 16.0 Å². The fourth-order valence-electron chi connectivity index (χ4n) is 3.02. The molecule has 0 aromatic carbocycles. The summed E-state index contributed by atoms with van der Waals surface area (Å²) in [6, 6.07) is -2.06. The third-order valence-electron chi connectivity index (χ3n) is 4.57. The molecule has 1 heterocycles. The fourth-order valence-corrected chi connectivity index (χ4v) is 3.02. The number of hydrogen-bond donors (Lipinski definition) is 4. The van der Waals surface area contributed by atoms with Crippen molar-refractivity contribution < 1.29 is 29.0 Å². The van der Waals surface area contributed by atoms with Gasteiger partial charge in [0.2, 0.25) is 11.8 Å². The van der Waals surface area contributed by atoms with Crippen molar-refractivity contribution in [2.24, 2.45) is 11.8 Å². The Morgan fingerprint density at radius 2 is 1.81 bits per heavy atom. The predicted molar refractivity (Wildman–Crippen MR) is 95.8 cm³/mol. The average molecular weight is 383 g/mol. The summed E-state index contributed by atoms with van der Waals surface area (Å²) in [6.45, 7) is 5.66. The first-order valence-corrected chi connectivity index (χ1v) is 9.35. The molecular weight excluding hydrogens is 354 g/mol. The molecule has 1 aliphatic heterocycles. The van der Waals surface area contributed by atoms with E-state index in [9.17, 15) is 24.3 Å². The second kappa shape index (κ2) is 8.58. The normalized spacial score (nSPS) is 21.7. The van der Waals surface area contributed by atoms with Crippen molar-refractivity contribution in [3.63, 3.8) is 0 Å². The summed E-state index contributed by atoms with van der Waals surface area (Å²) in [5.41, 5.74) is -0.704. The van der Waals surface area contributed by atoms with Gasteiger partial charge in [-0.1, -0.05) is 12.8 Å². The van der Waals surface area contributed by atoms with Crippen LogP contribution in [-0.4, -0.2) is 53.2 Å². The molecule has 0 spiro atoms. The SMILES string of the molecule is CC(C)(C)OC(=O)NC(CC1CC1)C(=O)NC(C[C@@H]1CCNC1=O)C(=O)O. The van der Waals surface area contributed by atoms with Crippen molar-refractivity contribution in [3.05, 3.63) is 0 Å². The number of carbonyl (C=O) groups is 4. The monoisotopic (exact) mass is 383 g/mol. The standard InChI is InChI=1S/C18H29N3O6/c1-18(2,3)27-17(26)21-12(8-10-4-5-10)15(23)20-13(16(24)25)9-11-6-7-19-14(11)22/h10-13H,4-9H2,1-3H3,(H,19,22)(H,20,23)(H,21,26)(H,24,25)/t11-,12?,13?/m0/s1. The molecule has 9 heteroatoms. The van der Waals surface area contributed by atoms with Gasteiger partial charge < -0.3 is 25.8 Å². The maximum absolute atomic E-state index is 12.6. The van der Waals surface area contributed by atoms with Crippen molar-refractivity contribution in [1.82, 2.24) is 16.0 Å². The largest absolute Gasteiger partial charge is 0.480 e. The van der Waals surface area contributed by atoms with Gasteiger partial charge in [0.1, 0.15) is 17.7 Å². The lowest BCUT2D eigenvalue weighted by Crippen LogP contribution is -2.53. The Hall–Kier alpha value is -2.32. The molecule has 1 aliphatic carbocycles. The number of rotatable bonds is 8. The lowest BCUT2D eigenvalue weighted by molar-refractivity contribution is -0.142. The molecule has 3 atom stereocenters. The van der Waals surface area contributed by atoms with E-state index >= 15 is 0 Å². The number of aliphatic carboxylic acids is 1. The Kier molecular flexibility index (Phi) is 6.67. The van der Waals surface area contributed by atoms with Gasteiger partial charge in [-0.25, -0.2) is 9.59 Å². The van der Waals surface area contributed by atoms with Gasteiger partial charge in [-0.2, -0.15) is 0 Å². The second-order valence-electron chi connectivity index (χ2n) is 8.29. The minimum atomic E-state index is -1.20. The van der Waals surface area contributed by atoms with Gasteiger partial charge in [-0.3, -0.25) is 9.59 Å². The van der Waals surface area contributed by atoms with Crippen molar-refractivity contribution in [1.29, 1.82) is 0 Å². The molecule has 3 amide bonds. The molecule has 1 saturated carbocycles. The van der Waals surface area contributed by atoms with E-state index in [1.807, 2.05) is 0 Å². The first kappa shape index (κ1) is 21.0. The van der Waals surface area contributed by atoms with Gasteiger partial charge in [0, 0.05) is 12.5 Å². The van der Waals surface area contributed by atoms with Crippen LogP contribution in [0.3, 0.4) is 0 Å². The van der Waals surface area contributed by atoms with Gasteiger partial charge in [0.05, 0.1) is 0 Å². The number of amides is 3. The average Bonchev–Trinajstić information content (AvgIpc) is 3.25. The summed E-state index contributed by atoms with van der Waals surface area (Å²) in [5, 5.41) is 17.1. The summed E-state index contributed by atoms with van der Waals surface area (Å²) in [6.07, 6.45) is 2.23. The van der Waals surface area contributed by atoms with Crippen LogP contribution in [0.25, 0.3) is 0 Å². The Morgan fingerprint density at radius 1 is 1.15 bits per heavy atom. The number of carbonyl (C=O) groups excluding carboxylic acids is 3. The van der Waals surface area contributed by atoms with Crippen LogP contribution in [0.5, 0.6) is 0 Å². The molecule has 2 fully saturated rings. The van der Waals surface area contributed by atoms with Gasteiger partial charge in [0.25, 0.3) is 0 Å². The highest BCUT2D eigenvalue weighted by Gasteiger charge is 2.35. The first-order valence-electron chi connectivity index (χ1n) is 9.35. The number of nitrogens with one attached hydrogen (secondary N) is 3. The quantitative estimate of drug-likeness (QED) is 0.489. The van der Waals surface area contributed by atoms with Crippen LogP contribution >= 0.6 is 0 Å². The Bertz CT molecular complexity index is 596. The third-order valence-corrected chi connectivity index (χ3v) is 4.57. The van der Waals surface area contributed by atoms with E-state index in [1.165, 1.54) is 0 Å². The molecule has 4 N–H and O–H groups in total. The molecular formula is C18H29N3O6. The molecule has 0 aromatic rings. The van der Waals surface area contributed by atoms with Crippen molar-refractivity contribution in [2.45, 2.75) is 70.6 Å². The van der Waals surface area contributed by atoms with Crippen LogP contribution in [0, 0.1) is 11.8 Å². The van der Waals surface area contributed by atoms with Crippen LogP contribution in [-0.2, 0) is 19.1 Å². The van der Waals surface area contributed by atoms with Gasteiger partial charge >= 0.3 is 12.1 Å². The van der Waals surface area contributed by atoms with Crippen molar-refractivity contribution >= 4 is 23.9 Å². The van der Waals surface area contributed by atoms with Gasteiger partial charge in [0.15, 0.2) is 0 Å². The van der Waals surface area contributed by atoms with E-state index in [0.717, 1.165) is 12.8 Å². The molecule has 0 bridgehead atoms. The van der Waals surface area contributed by atoms with Gasteiger partial charge in [-0.05, 0) is 46.0 Å².